The van der Waals surface area contributed by atoms with E-state index in [0.717, 1.165) is 22.6 Å². The van der Waals surface area contributed by atoms with E-state index in [4.69, 9.17) is 4.74 Å². The Bertz CT molecular complexity index is 938. The number of rotatable bonds is 8. The highest BCUT2D eigenvalue weighted by molar-refractivity contribution is 7.99. The summed E-state index contributed by atoms with van der Waals surface area (Å²) in [6.45, 7) is 6.19. The second-order valence-corrected chi connectivity index (χ2v) is 8.00. The summed E-state index contributed by atoms with van der Waals surface area (Å²) in [5.41, 5.74) is 3.07. The number of benzene rings is 2. The molecule has 0 aliphatic carbocycles. The molecule has 3 aromatic rings. The maximum absolute atomic E-state index is 12.6. The summed E-state index contributed by atoms with van der Waals surface area (Å²) in [4.78, 5) is 12.6. The van der Waals surface area contributed by atoms with Gasteiger partial charge in [-0.1, -0.05) is 55.4 Å². The van der Waals surface area contributed by atoms with Crippen LogP contribution in [-0.4, -0.2) is 39.0 Å². The highest BCUT2D eigenvalue weighted by Gasteiger charge is 2.19. The fourth-order valence-electron chi connectivity index (χ4n) is 2.91. The molecule has 0 bridgehead atoms. The largest absolute Gasteiger partial charge is 0.497 e. The van der Waals surface area contributed by atoms with Crippen LogP contribution >= 0.6 is 11.8 Å². The van der Waals surface area contributed by atoms with E-state index in [1.54, 1.807) is 11.8 Å². The van der Waals surface area contributed by atoms with Crippen molar-refractivity contribution >= 4 is 17.7 Å². The van der Waals surface area contributed by atoms with Gasteiger partial charge < -0.3 is 10.1 Å². The maximum Gasteiger partial charge on any atom is 0.230 e. The highest BCUT2D eigenvalue weighted by atomic mass is 32.2. The lowest BCUT2D eigenvalue weighted by molar-refractivity contribution is -0.119. The van der Waals surface area contributed by atoms with E-state index in [2.05, 4.69) is 34.7 Å². The molecule has 1 atom stereocenters. The van der Waals surface area contributed by atoms with Gasteiger partial charge in [-0.2, -0.15) is 4.68 Å². The van der Waals surface area contributed by atoms with Crippen LogP contribution in [0.1, 0.15) is 31.0 Å². The van der Waals surface area contributed by atoms with Gasteiger partial charge in [0, 0.05) is 0 Å². The molecule has 1 aromatic heterocycles. The van der Waals surface area contributed by atoms with Gasteiger partial charge in [-0.3, -0.25) is 4.79 Å². The third kappa shape index (κ3) is 5.35. The lowest BCUT2D eigenvalue weighted by Gasteiger charge is -2.23. The average molecular weight is 412 g/mol. The molecule has 0 aliphatic rings. The highest BCUT2D eigenvalue weighted by Crippen LogP contribution is 2.25. The van der Waals surface area contributed by atoms with Crippen LogP contribution in [0.5, 0.6) is 5.75 Å². The van der Waals surface area contributed by atoms with Crippen LogP contribution in [0.2, 0.25) is 0 Å². The third-order valence-corrected chi connectivity index (χ3v) is 5.43. The number of tetrazole rings is 1. The molecule has 8 heteroatoms. The minimum Gasteiger partial charge on any atom is -0.497 e. The number of hydrogen-bond acceptors (Lipinski definition) is 6. The van der Waals surface area contributed by atoms with Crippen molar-refractivity contribution < 1.29 is 9.53 Å². The first kappa shape index (κ1) is 20.9. The molecule has 0 radical (unpaired) electrons. The Kier molecular flexibility index (Phi) is 6.87. The zero-order valence-corrected chi connectivity index (χ0v) is 17.8. The molecule has 0 fully saturated rings. The number of amides is 1. The fourth-order valence-corrected chi connectivity index (χ4v) is 3.61. The van der Waals surface area contributed by atoms with E-state index in [1.807, 2.05) is 55.5 Å². The van der Waals surface area contributed by atoms with Gasteiger partial charge in [0.25, 0.3) is 0 Å². The van der Waals surface area contributed by atoms with Crippen LogP contribution in [0.25, 0.3) is 5.69 Å². The molecule has 1 N–H and O–H groups in total. The van der Waals surface area contributed by atoms with Crippen molar-refractivity contribution in [1.82, 2.24) is 25.5 Å². The molecule has 1 heterocycles. The van der Waals surface area contributed by atoms with Crippen LogP contribution in [-0.2, 0) is 4.79 Å². The second kappa shape index (κ2) is 9.56. The Hall–Kier alpha value is -2.87. The van der Waals surface area contributed by atoms with Gasteiger partial charge in [0.15, 0.2) is 0 Å². The second-order valence-electron chi connectivity index (χ2n) is 7.06. The first-order valence-electron chi connectivity index (χ1n) is 9.39. The summed E-state index contributed by atoms with van der Waals surface area (Å²) in [6.07, 6.45) is 0. The Balaban J connectivity index is 1.64. The molecule has 0 aliphatic heterocycles. The smallest absolute Gasteiger partial charge is 0.230 e. The summed E-state index contributed by atoms with van der Waals surface area (Å²) in [5.74, 6) is 1.20. The van der Waals surface area contributed by atoms with Crippen LogP contribution < -0.4 is 10.1 Å². The number of nitrogens with zero attached hydrogens (tertiary/aromatic N) is 4. The first-order chi connectivity index (χ1) is 14.0. The molecule has 7 nitrogen and oxygen atoms in total. The number of methoxy groups -OCH3 is 1. The molecule has 0 saturated heterocycles. The lowest BCUT2D eigenvalue weighted by Crippen LogP contribution is -2.33. The Morgan fingerprint density at radius 1 is 1.14 bits per heavy atom. The van der Waals surface area contributed by atoms with Gasteiger partial charge in [0.1, 0.15) is 5.75 Å². The van der Waals surface area contributed by atoms with Crippen molar-refractivity contribution in [3.63, 3.8) is 0 Å². The normalized spacial score (nSPS) is 12.0. The van der Waals surface area contributed by atoms with Gasteiger partial charge in [0.2, 0.25) is 11.1 Å². The molecule has 1 unspecified atom stereocenters. The van der Waals surface area contributed by atoms with E-state index in [9.17, 15) is 4.79 Å². The van der Waals surface area contributed by atoms with Crippen LogP contribution in [0.15, 0.2) is 53.7 Å². The molecular formula is C21H25N5O2S. The Morgan fingerprint density at radius 2 is 1.83 bits per heavy atom. The summed E-state index contributed by atoms with van der Waals surface area (Å²) in [5, 5.41) is 15.5. The number of nitrogens with one attached hydrogen (secondary N) is 1. The van der Waals surface area contributed by atoms with E-state index < -0.39 is 0 Å². The third-order valence-electron chi connectivity index (χ3n) is 4.51. The molecule has 29 heavy (non-hydrogen) atoms. The van der Waals surface area contributed by atoms with Crippen molar-refractivity contribution in [3.8, 4) is 11.4 Å². The van der Waals surface area contributed by atoms with E-state index in [1.165, 1.54) is 11.8 Å². The number of carbonyl (C=O) groups is 1. The summed E-state index contributed by atoms with van der Waals surface area (Å²) in [7, 11) is 1.64. The van der Waals surface area contributed by atoms with Gasteiger partial charge >= 0.3 is 0 Å². The summed E-state index contributed by atoms with van der Waals surface area (Å²) in [6, 6.07) is 15.6. The number of ether oxygens (including phenoxy) is 1. The molecule has 3 rings (SSSR count). The fraction of sp³-hybridized carbons (Fsp3) is 0.333. The first-order valence-corrected chi connectivity index (χ1v) is 10.4. The van der Waals surface area contributed by atoms with Crippen molar-refractivity contribution in [2.45, 2.75) is 32.0 Å². The number of hydrogen-bond donors (Lipinski definition) is 1. The van der Waals surface area contributed by atoms with Crippen LogP contribution in [0.4, 0.5) is 0 Å². The monoisotopic (exact) mass is 411 g/mol. The van der Waals surface area contributed by atoms with Gasteiger partial charge in [-0.05, 0) is 53.1 Å². The van der Waals surface area contributed by atoms with Gasteiger partial charge in [-0.25, -0.2) is 0 Å². The zero-order chi connectivity index (χ0) is 20.8. The Morgan fingerprint density at radius 3 is 2.45 bits per heavy atom. The average Bonchev–Trinajstić information content (AvgIpc) is 3.19. The molecule has 0 saturated carbocycles. The molecule has 0 spiro atoms. The van der Waals surface area contributed by atoms with Crippen molar-refractivity contribution in [3.05, 3.63) is 59.7 Å². The van der Waals surface area contributed by atoms with E-state index in [0.29, 0.717) is 5.16 Å². The number of carbonyl (C=O) groups excluding carboxylic acids is 1. The molecule has 2 aromatic carbocycles. The van der Waals surface area contributed by atoms with Gasteiger partial charge in [0.05, 0.1) is 24.6 Å². The summed E-state index contributed by atoms with van der Waals surface area (Å²) >= 11 is 1.31. The molecule has 1 amide bonds. The number of aryl methyl sites for hydroxylation is 1. The zero-order valence-electron chi connectivity index (χ0n) is 17.0. The van der Waals surface area contributed by atoms with E-state index in [-0.39, 0.29) is 23.6 Å². The predicted molar refractivity (Wildman–Crippen MR) is 113 cm³/mol. The molecular weight excluding hydrogens is 386 g/mol. The number of thioether (sulfide) groups is 1. The van der Waals surface area contributed by atoms with Crippen molar-refractivity contribution in [1.29, 1.82) is 0 Å². The van der Waals surface area contributed by atoms with Crippen molar-refractivity contribution in [2.24, 2.45) is 5.92 Å². The Labute approximate surface area is 174 Å². The lowest BCUT2D eigenvalue weighted by atomic mass is 9.96. The quantitative estimate of drug-likeness (QED) is 0.571. The van der Waals surface area contributed by atoms with Crippen LogP contribution in [0, 0.1) is 12.8 Å². The minimum atomic E-state index is -0.0814. The SMILES string of the molecule is COc1ccc(C(NC(=O)CSc2nnnn2-c2ccc(C)cc2)C(C)C)cc1. The predicted octanol–water partition coefficient (Wildman–Crippen LogP) is 3.58. The summed E-state index contributed by atoms with van der Waals surface area (Å²) < 4.78 is 6.85. The van der Waals surface area contributed by atoms with Crippen LogP contribution in [0.3, 0.4) is 0 Å². The minimum absolute atomic E-state index is 0.0667. The number of aromatic nitrogens is 4. The van der Waals surface area contributed by atoms with Gasteiger partial charge in [-0.15, -0.1) is 5.10 Å². The topological polar surface area (TPSA) is 81.9 Å². The maximum atomic E-state index is 12.6. The molecule has 152 valence electrons. The van der Waals surface area contributed by atoms with E-state index >= 15 is 0 Å². The van der Waals surface area contributed by atoms with Crippen molar-refractivity contribution in [2.75, 3.05) is 12.9 Å². The standard InChI is InChI=1S/C21H25N5O2S/c1-14(2)20(16-7-11-18(28-4)12-8-16)22-19(27)13-29-21-23-24-25-26(21)17-9-5-15(3)6-10-17/h5-12,14,20H,13H2,1-4H3,(H,22,27).